The van der Waals surface area contributed by atoms with E-state index in [1.807, 2.05) is 32.9 Å². The normalized spacial score (nSPS) is 14.3. The Balaban J connectivity index is 1.96. The van der Waals surface area contributed by atoms with Crippen molar-refractivity contribution in [3.63, 3.8) is 0 Å². The molecule has 0 saturated heterocycles. The number of para-hydroxylation sites is 1. The van der Waals surface area contributed by atoms with E-state index in [2.05, 4.69) is 10.0 Å². The molecule has 1 amide bonds. The molecule has 0 aromatic heterocycles. The van der Waals surface area contributed by atoms with Crippen molar-refractivity contribution in [2.45, 2.75) is 31.1 Å². The molecule has 0 unspecified atom stereocenters. The lowest BCUT2D eigenvalue weighted by Crippen LogP contribution is -2.26. The molecular weight excluding hydrogens is 340 g/mol. The van der Waals surface area contributed by atoms with E-state index in [1.54, 1.807) is 18.2 Å². The van der Waals surface area contributed by atoms with Crippen LogP contribution < -0.4 is 14.8 Å². The van der Waals surface area contributed by atoms with Gasteiger partial charge in [-0.15, -0.1) is 0 Å². The number of sulfonamides is 1. The Kier molecular flexibility index (Phi) is 4.20. The van der Waals surface area contributed by atoms with Gasteiger partial charge in [0, 0.05) is 0 Å². The van der Waals surface area contributed by atoms with Crippen LogP contribution in [0.15, 0.2) is 47.4 Å². The summed E-state index contributed by atoms with van der Waals surface area (Å²) in [6, 6.07) is 11.7. The molecular formula is C18H20N2O4S. The maximum atomic E-state index is 12.8. The lowest BCUT2D eigenvalue weighted by molar-refractivity contribution is -0.118. The van der Waals surface area contributed by atoms with Gasteiger partial charge in [-0.2, -0.15) is 0 Å². The van der Waals surface area contributed by atoms with E-state index in [4.69, 9.17) is 4.74 Å². The highest BCUT2D eigenvalue weighted by Crippen LogP contribution is 2.33. The number of ether oxygens (including phenoxy) is 1. The number of carbonyl (C=O) groups is 1. The lowest BCUT2D eigenvalue weighted by Gasteiger charge is -2.23. The summed E-state index contributed by atoms with van der Waals surface area (Å²) in [6.45, 7) is 5.99. The molecule has 2 aromatic rings. The van der Waals surface area contributed by atoms with Gasteiger partial charge in [0.15, 0.2) is 6.61 Å². The van der Waals surface area contributed by atoms with Crippen molar-refractivity contribution in [1.29, 1.82) is 0 Å². The predicted octanol–water partition coefficient (Wildman–Crippen LogP) is 3.12. The molecule has 1 aliphatic rings. The Hall–Kier alpha value is -2.54. The maximum absolute atomic E-state index is 12.8. The number of benzene rings is 2. The number of rotatable bonds is 3. The summed E-state index contributed by atoms with van der Waals surface area (Å²) in [7, 11) is -3.80. The van der Waals surface area contributed by atoms with Gasteiger partial charge in [-0.05, 0) is 35.2 Å². The number of hydrogen-bond acceptors (Lipinski definition) is 4. The monoisotopic (exact) mass is 360 g/mol. The van der Waals surface area contributed by atoms with Crippen molar-refractivity contribution < 1.29 is 17.9 Å². The maximum Gasteiger partial charge on any atom is 0.262 e. The van der Waals surface area contributed by atoms with Crippen LogP contribution >= 0.6 is 0 Å². The summed E-state index contributed by atoms with van der Waals surface area (Å²) in [5.74, 6) is 0.140. The zero-order chi connectivity index (χ0) is 18.2. The van der Waals surface area contributed by atoms with Crippen LogP contribution in [0.25, 0.3) is 0 Å². The van der Waals surface area contributed by atoms with Gasteiger partial charge >= 0.3 is 0 Å². The second-order valence-electron chi connectivity index (χ2n) is 6.90. The molecule has 25 heavy (non-hydrogen) atoms. The minimum absolute atomic E-state index is 0.0563. The third kappa shape index (κ3) is 3.61. The largest absolute Gasteiger partial charge is 0.482 e. The van der Waals surface area contributed by atoms with Gasteiger partial charge in [0.25, 0.3) is 15.9 Å². The number of amides is 1. The van der Waals surface area contributed by atoms with Gasteiger partial charge in [0.2, 0.25) is 0 Å². The second-order valence-corrected chi connectivity index (χ2v) is 8.58. The van der Waals surface area contributed by atoms with E-state index >= 15 is 0 Å². The highest BCUT2D eigenvalue weighted by molar-refractivity contribution is 7.92. The Bertz CT molecular complexity index is 930. The van der Waals surface area contributed by atoms with Crippen molar-refractivity contribution in [3.8, 4) is 5.75 Å². The van der Waals surface area contributed by atoms with Crippen molar-refractivity contribution in [3.05, 3.63) is 48.0 Å². The van der Waals surface area contributed by atoms with Crippen LogP contribution in [0, 0.1) is 0 Å². The quantitative estimate of drug-likeness (QED) is 0.881. The van der Waals surface area contributed by atoms with Crippen molar-refractivity contribution in [2.24, 2.45) is 0 Å². The first-order valence-corrected chi connectivity index (χ1v) is 9.34. The summed E-state index contributed by atoms with van der Waals surface area (Å²) in [5.41, 5.74) is 1.57. The number of fused-ring (bicyclic) bond motifs is 1. The number of hydrogen-bond donors (Lipinski definition) is 2. The molecule has 6 nitrogen and oxygen atoms in total. The van der Waals surface area contributed by atoms with Gasteiger partial charge in [-0.1, -0.05) is 39.0 Å². The molecule has 0 fully saturated rings. The van der Waals surface area contributed by atoms with Gasteiger partial charge in [-0.25, -0.2) is 8.42 Å². The zero-order valence-electron chi connectivity index (χ0n) is 14.3. The highest BCUT2D eigenvalue weighted by atomic mass is 32.2. The standard InChI is InChI=1S/C18H20N2O4S/c1-18(2,3)13-6-4-5-7-14(13)20-25(22,23)12-8-9-16-15(10-12)19-17(21)11-24-16/h4-10,20H,11H2,1-3H3,(H,19,21). The Morgan fingerprint density at radius 2 is 1.84 bits per heavy atom. The first-order chi connectivity index (χ1) is 11.7. The average molecular weight is 360 g/mol. The second kappa shape index (κ2) is 6.07. The number of carbonyl (C=O) groups excluding carboxylic acids is 1. The molecule has 0 bridgehead atoms. The summed E-state index contributed by atoms with van der Waals surface area (Å²) in [5, 5.41) is 2.62. The zero-order valence-corrected chi connectivity index (χ0v) is 15.1. The molecule has 0 radical (unpaired) electrons. The SMILES string of the molecule is CC(C)(C)c1ccccc1NS(=O)(=O)c1ccc2c(c1)NC(=O)CO2. The highest BCUT2D eigenvalue weighted by Gasteiger charge is 2.24. The Morgan fingerprint density at radius 1 is 1.12 bits per heavy atom. The molecule has 1 heterocycles. The van der Waals surface area contributed by atoms with Crippen LogP contribution in [0.4, 0.5) is 11.4 Å². The van der Waals surface area contributed by atoms with E-state index in [1.165, 1.54) is 12.1 Å². The van der Waals surface area contributed by atoms with E-state index in [0.717, 1.165) is 5.56 Å². The number of nitrogens with one attached hydrogen (secondary N) is 2. The van der Waals surface area contributed by atoms with Crippen LogP contribution in [0.3, 0.4) is 0 Å². The van der Waals surface area contributed by atoms with E-state index < -0.39 is 10.0 Å². The van der Waals surface area contributed by atoms with Gasteiger partial charge in [0.05, 0.1) is 16.3 Å². The Morgan fingerprint density at radius 3 is 2.56 bits per heavy atom. The van der Waals surface area contributed by atoms with Crippen LogP contribution in [-0.2, 0) is 20.2 Å². The molecule has 7 heteroatoms. The van der Waals surface area contributed by atoms with Crippen LogP contribution in [-0.4, -0.2) is 20.9 Å². The molecule has 3 rings (SSSR count). The van der Waals surface area contributed by atoms with Gasteiger partial charge < -0.3 is 10.1 Å². The fourth-order valence-corrected chi connectivity index (χ4v) is 3.76. The molecule has 2 aromatic carbocycles. The summed E-state index contributed by atoms with van der Waals surface area (Å²) < 4.78 is 33.5. The van der Waals surface area contributed by atoms with Crippen LogP contribution in [0.5, 0.6) is 5.75 Å². The lowest BCUT2D eigenvalue weighted by atomic mass is 9.86. The predicted molar refractivity (Wildman–Crippen MR) is 96.5 cm³/mol. The summed E-state index contributed by atoms with van der Waals surface area (Å²) >= 11 is 0. The van der Waals surface area contributed by atoms with E-state index in [-0.39, 0.29) is 22.8 Å². The summed E-state index contributed by atoms with van der Waals surface area (Å²) in [6.07, 6.45) is 0. The fourth-order valence-electron chi connectivity index (χ4n) is 2.66. The molecule has 132 valence electrons. The van der Waals surface area contributed by atoms with Crippen molar-refractivity contribution in [2.75, 3.05) is 16.6 Å². The Labute approximate surface area is 147 Å². The summed E-state index contributed by atoms with van der Waals surface area (Å²) in [4.78, 5) is 11.5. The smallest absolute Gasteiger partial charge is 0.262 e. The number of anilines is 2. The van der Waals surface area contributed by atoms with Gasteiger partial charge in [-0.3, -0.25) is 9.52 Å². The van der Waals surface area contributed by atoms with Gasteiger partial charge in [0.1, 0.15) is 5.75 Å². The minimum atomic E-state index is -3.80. The first-order valence-electron chi connectivity index (χ1n) is 7.86. The third-order valence-electron chi connectivity index (χ3n) is 3.87. The fraction of sp³-hybridized carbons (Fsp3) is 0.278. The van der Waals surface area contributed by atoms with Crippen LogP contribution in [0.1, 0.15) is 26.3 Å². The molecule has 0 aliphatic carbocycles. The molecule has 0 saturated carbocycles. The van der Waals surface area contributed by atoms with E-state index in [9.17, 15) is 13.2 Å². The first kappa shape index (κ1) is 17.3. The minimum Gasteiger partial charge on any atom is -0.482 e. The molecule has 0 spiro atoms. The van der Waals surface area contributed by atoms with Crippen LogP contribution in [0.2, 0.25) is 0 Å². The van der Waals surface area contributed by atoms with E-state index in [0.29, 0.717) is 17.1 Å². The van der Waals surface area contributed by atoms with Crippen molar-refractivity contribution in [1.82, 2.24) is 0 Å². The average Bonchev–Trinajstić information content (AvgIpc) is 2.53. The third-order valence-corrected chi connectivity index (χ3v) is 5.24. The van der Waals surface area contributed by atoms with Crippen molar-refractivity contribution >= 4 is 27.3 Å². The molecule has 0 atom stereocenters. The molecule has 1 aliphatic heterocycles. The topological polar surface area (TPSA) is 84.5 Å². The molecule has 2 N–H and O–H groups in total.